The maximum absolute atomic E-state index is 11.9. The number of rotatable bonds is 3. The highest BCUT2D eigenvalue weighted by atomic mass is 16.2. The molecule has 0 radical (unpaired) electrons. The summed E-state index contributed by atoms with van der Waals surface area (Å²) in [7, 11) is 0. The van der Waals surface area contributed by atoms with E-state index >= 15 is 0 Å². The summed E-state index contributed by atoms with van der Waals surface area (Å²) >= 11 is 0. The fraction of sp³-hybridized carbons (Fsp3) is 0.652. The lowest BCUT2D eigenvalue weighted by Gasteiger charge is -2.22. The summed E-state index contributed by atoms with van der Waals surface area (Å²) < 4.78 is 2.78. The first-order valence-corrected chi connectivity index (χ1v) is 11.6. The molecule has 4 rings (SSSR count). The molecule has 31 heavy (non-hydrogen) atoms. The van der Waals surface area contributed by atoms with Gasteiger partial charge >= 0.3 is 11.4 Å². The van der Waals surface area contributed by atoms with Gasteiger partial charge in [0.15, 0.2) is 0 Å². The molecule has 0 aliphatic heterocycles. The van der Waals surface area contributed by atoms with Crippen molar-refractivity contribution in [1.29, 1.82) is 0 Å². The Bertz CT molecular complexity index is 1030. The van der Waals surface area contributed by atoms with Gasteiger partial charge in [0.25, 0.3) is 11.1 Å². The smallest absolute Gasteiger partial charge is 0.311 e. The first kappa shape index (κ1) is 23.0. The Balaban J connectivity index is 0.000000176. The summed E-state index contributed by atoms with van der Waals surface area (Å²) in [6.07, 6.45) is 11.4. The van der Waals surface area contributed by atoms with E-state index < -0.39 is 0 Å². The van der Waals surface area contributed by atoms with Crippen molar-refractivity contribution in [3.8, 4) is 0 Å². The number of nitrogens with one attached hydrogen (secondary N) is 2. The van der Waals surface area contributed by atoms with E-state index in [4.69, 9.17) is 0 Å². The zero-order valence-electron chi connectivity index (χ0n) is 18.6. The zero-order chi connectivity index (χ0) is 22.4. The minimum absolute atomic E-state index is 0.107. The van der Waals surface area contributed by atoms with E-state index in [9.17, 15) is 19.2 Å². The Morgan fingerprint density at radius 1 is 0.742 bits per heavy atom. The molecule has 2 aliphatic carbocycles. The molecule has 0 unspecified atom stereocenters. The van der Waals surface area contributed by atoms with Crippen molar-refractivity contribution in [3.05, 3.63) is 65.2 Å². The van der Waals surface area contributed by atoms with Crippen LogP contribution in [0.3, 0.4) is 0 Å². The highest BCUT2D eigenvalue weighted by Crippen LogP contribution is 2.26. The first-order chi connectivity index (χ1) is 14.9. The van der Waals surface area contributed by atoms with Gasteiger partial charge in [0.1, 0.15) is 0 Å². The van der Waals surface area contributed by atoms with Gasteiger partial charge in [-0.1, -0.05) is 45.4 Å². The largest absolute Gasteiger partial charge is 0.328 e. The van der Waals surface area contributed by atoms with Crippen LogP contribution in [0.15, 0.2) is 31.3 Å². The third-order valence-electron chi connectivity index (χ3n) is 6.38. The normalized spacial score (nSPS) is 17.7. The fourth-order valence-electron chi connectivity index (χ4n) is 4.73. The maximum Gasteiger partial charge on any atom is 0.328 e. The van der Waals surface area contributed by atoms with Gasteiger partial charge in [0.05, 0.1) is 0 Å². The predicted octanol–water partition coefficient (Wildman–Crippen LogP) is 2.95. The summed E-state index contributed by atoms with van der Waals surface area (Å²) in [5.41, 5.74) is 0.554. The lowest BCUT2D eigenvalue weighted by atomic mass is 9.95. The molecule has 2 aromatic rings. The molecule has 0 spiro atoms. The van der Waals surface area contributed by atoms with Crippen LogP contribution in [0.25, 0.3) is 0 Å². The van der Waals surface area contributed by atoms with E-state index in [0.29, 0.717) is 12.1 Å². The highest BCUT2D eigenvalue weighted by Gasteiger charge is 2.19. The van der Waals surface area contributed by atoms with Crippen molar-refractivity contribution in [2.75, 3.05) is 0 Å². The Morgan fingerprint density at radius 2 is 1.19 bits per heavy atom. The molecular formula is C23H34N4O4. The Morgan fingerprint density at radius 3 is 1.61 bits per heavy atom. The molecule has 0 saturated heterocycles. The fourth-order valence-corrected chi connectivity index (χ4v) is 4.73. The number of aryl methyl sites for hydroxylation is 2. The summed E-state index contributed by atoms with van der Waals surface area (Å²) in [5, 5.41) is 0. The predicted molar refractivity (Wildman–Crippen MR) is 121 cm³/mol. The molecule has 0 aromatic carbocycles. The van der Waals surface area contributed by atoms with E-state index in [0.717, 1.165) is 57.1 Å². The molecule has 2 saturated carbocycles. The standard InChI is InChI=1S/C12H18N2O2.C11H16N2O2/c1-2-9-8-11(15)14(12(16)13-9)10-6-4-3-5-7-10;1-8-7-10(14)13(11(15)12-8)9-5-3-2-4-6-9/h8,10H,2-7H2,1H3,(H,13,16);7,9H,2-6H2,1H3,(H,12,15). The monoisotopic (exact) mass is 430 g/mol. The molecule has 2 aliphatic rings. The zero-order valence-corrected chi connectivity index (χ0v) is 18.6. The van der Waals surface area contributed by atoms with Gasteiger partial charge in [-0.15, -0.1) is 0 Å². The SMILES string of the molecule is CCc1cc(=O)n(C2CCCCC2)c(=O)[nH]1.Cc1cc(=O)n(C2CCCCC2)c(=O)[nH]1. The third-order valence-corrected chi connectivity index (χ3v) is 6.38. The number of aromatic nitrogens is 4. The van der Waals surface area contributed by atoms with E-state index in [1.807, 2.05) is 6.92 Å². The van der Waals surface area contributed by atoms with E-state index in [2.05, 4.69) is 9.97 Å². The number of H-pyrrole nitrogens is 2. The van der Waals surface area contributed by atoms with Crippen LogP contribution in [-0.4, -0.2) is 19.1 Å². The second-order valence-corrected chi connectivity index (χ2v) is 8.71. The molecule has 0 atom stereocenters. The Labute approximate surface area is 181 Å². The number of nitrogens with zero attached hydrogens (tertiary/aromatic N) is 2. The molecule has 8 heteroatoms. The van der Waals surface area contributed by atoms with E-state index in [-0.39, 0.29) is 34.6 Å². The van der Waals surface area contributed by atoms with Crippen molar-refractivity contribution < 1.29 is 0 Å². The van der Waals surface area contributed by atoms with Gasteiger partial charge in [-0.25, -0.2) is 9.59 Å². The van der Waals surface area contributed by atoms with Crippen LogP contribution in [0, 0.1) is 6.92 Å². The molecule has 2 heterocycles. The van der Waals surface area contributed by atoms with Crippen molar-refractivity contribution in [2.45, 2.75) is 96.6 Å². The molecule has 8 nitrogen and oxygen atoms in total. The molecule has 170 valence electrons. The summed E-state index contributed by atoms with van der Waals surface area (Å²) in [6, 6.07) is 3.26. The molecule has 2 fully saturated rings. The van der Waals surface area contributed by atoms with Gasteiger partial charge in [-0.2, -0.15) is 0 Å². The third kappa shape index (κ3) is 5.74. The molecular weight excluding hydrogens is 396 g/mol. The summed E-state index contributed by atoms with van der Waals surface area (Å²) in [6.45, 7) is 3.66. The lowest BCUT2D eigenvalue weighted by molar-refractivity contribution is 0.335. The van der Waals surface area contributed by atoms with Gasteiger partial charge in [-0.05, 0) is 39.0 Å². The van der Waals surface area contributed by atoms with Crippen LogP contribution in [0.4, 0.5) is 0 Å². The number of aromatic amines is 2. The van der Waals surface area contributed by atoms with Gasteiger partial charge in [0.2, 0.25) is 0 Å². The van der Waals surface area contributed by atoms with Crippen molar-refractivity contribution in [2.24, 2.45) is 0 Å². The molecule has 2 N–H and O–H groups in total. The maximum atomic E-state index is 11.9. The number of hydrogen-bond donors (Lipinski definition) is 2. The van der Waals surface area contributed by atoms with Gasteiger partial charge < -0.3 is 9.97 Å². The Kier molecular flexibility index (Phi) is 7.87. The van der Waals surface area contributed by atoms with Crippen molar-refractivity contribution in [1.82, 2.24) is 19.1 Å². The second-order valence-electron chi connectivity index (χ2n) is 8.71. The summed E-state index contributed by atoms with van der Waals surface area (Å²) in [4.78, 5) is 52.5. The first-order valence-electron chi connectivity index (χ1n) is 11.6. The minimum atomic E-state index is -0.257. The van der Waals surface area contributed by atoms with Crippen LogP contribution >= 0.6 is 0 Å². The van der Waals surface area contributed by atoms with E-state index in [1.54, 1.807) is 13.0 Å². The highest BCUT2D eigenvalue weighted by molar-refractivity contribution is 5.00. The van der Waals surface area contributed by atoms with Crippen LogP contribution in [0.1, 0.15) is 94.6 Å². The minimum Gasteiger partial charge on any atom is -0.311 e. The van der Waals surface area contributed by atoms with E-state index in [1.165, 1.54) is 28.0 Å². The van der Waals surface area contributed by atoms with Crippen LogP contribution in [0.2, 0.25) is 0 Å². The van der Waals surface area contributed by atoms with Gasteiger partial charge in [0, 0.05) is 35.6 Å². The van der Waals surface area contributed by atoms with Crippen molar-refractivity contribution >= 4 is 0 Å². The summed E-state index contributed by atoms with van der Waals surface area (Å²) in [5.74, 6) is 0. The lowest BCUT2D eigenvalue weighted by Crippen LogP contribution is -2.39. The van der Waals surface area contributed by atoms with Gasteiger partial charge in [-0.3, -0.25) is 18.7 Å². The van der Waals surface area contributed by atoms with Crippen molar-refractivity contribution in [3.63, 3.8) is 0 Å². The van der Waals surface area contributed by atoms with Crippen LogP contribution in [-0.2, 0) is 6.42 Å². The molecule has 2 aromatic heterocycles. The average molecular weight is 431 g/mol. The second kappa shape index (κ2) is 10.6. The molecule has 0 bridgehead atoms. The topological polar surface area (TPSA) is 110 Å². The molecule has 0 amide bonds. The van der Waals surface area contributed by atoms with Crippen LogP contribution in [0.5, 0.6) is 0 Å². The van der Waals surface area contributed by atoms with Crippen LogP contribution < -0.4 is 22.5 Å². The Hall–Kier alpha value is -2.64. The average Bonchev–Trinajstić information content (AvgIpc) is 2.74. The quantitative estimate of drug-likeness (QED) is 0.780. The number of hydrogen-bond acceptors (Lipinski definition) is 4.